The van der Waals surface area contributed by atoms with Crippen molar-refractivity contribution >= 4 is 17.5 Å². The van der Waals surface area contributed by atoms with Crippen molar-refractivity contribution < 1.29 is 32.2 Å². The van der Waals surface area contributed by atoms with Gasteiger partial charge in [0.15, 0.2) is 6.10 Å². The monoisotopic (exact) mass is 484 g/mol. The molecule has 0 bridgehead atoms. The number of carbonyl (C=O) groups excluding carboxylic acids is 2. The average Bonchev–Trinajstić information content (AvgIpc) is 2.94. The summed E-state index contributed by atoms with van der Waals surface area (Å²) < 4.78 is 49.4. The molecule has 0 saturated carbocycles. The lowest BCUT2D eigenvalue weighted by Gasteiger charge is -2.22. The van der Waals surface area contributed by atoms with Gasteiger partial charge in [-0.3, -0.25) is 9.59 Å². The number of benzene rings is 3. The van der Waals surface area contributed by atoms with Crippen molar-refractivity contribution in [2.45, 2.75) is 32.3 Å². The third-order valence-corrected chi connectivity index (χ3v) is 5.62. The Bertz CT molecular complexity index is 1240. The molecule has 1 aliphatic heterocycles. The highest BCUT2D eigenvalue weighted by Gasteiger charge is 2.30. The van der Waals surface area contributed by atoms with E-state index in [0.29, 0.717) is 29.3 Å². The lowest BCUT2D eigenvalue weighted by molar-refractivity contribution is -0.138. The molecule has 1 atom stereocenters. The molecule has 0 aliphatic carbocycles. The number of amides is 2. The van der Waals surface area contributed by atoms with Crippen LogP contribution in [0.25, 0.3) is 0 Å². The molecule has 2 amide bonds. The first-order valence-electron chi connectivity index (χ1n) is 10.8. The minimum absolute atomic E-state index is 0.0904. The van der Waals surface area contributed by atoms with E-state index in [4.69, 9.17) is 9.47 Å². The standard InChI is InChI=1S/C26H23F3N2O4/c1-16-25(33)31(14-17-4-3-5-22(12-17)34-2)15-19-13-21(10-11-23(19)35-16)30-24(32)18-6-8-20(9-7-18)26(27,28)29/h3-13,16H,14-15H2,1-2H3,(H,30,32)/t16-/m0/s1. The van der Waals surface area contributed by atoms with Crippen LogP contribution in [-0.4, -0.2) is 29.9 Å². The lowest BCUT2D eigenvalue weighted by atomic mass is 10.1. The van der Waals surface area contributed by atoms with Gasteiger partial charge in [0, 0.05) is 29.9 Å². The molecule has 0 aromatic heterocycles. The van der Waals surface area contributed by atoms with Crippen LogP contribution in [0.5, 0.6) is 11.5 Å². The molecule has 9 heteroatoms. The molecular formula is C26H23F3N2O4. The van der Waals surface area contributed by atoms with Crippen LogP contribution in [0.15, 0.2) is 66.7 Å². The molecule has 0 radical (unpaired) electrons. The number of methoxy groups -OCH3 is 1. The maximum atomic E-state index is 12.9. The first kappa shape index (κ1) is 24.1. The van der Waals surface area contributed by atoms with Crippen LogP contribution >= 0.6 is 0 Å². The number of fused-ring (bicyclic) bond motifs is 1. The number of nitrogens with one attached hydrogen (secondary N) is 1. The summed E-state index contributed by atoms with van der Waals surface area (Å²) in [5.41, 5.74) is 1.27. The number of anilines is 1. The SMILES string of the molecule is COc1cccc(CN2Cc3cc(NC(=O)c4ccc(C(F)(F)F)cc4)ccc3O[C@@H](C)C2=O)c1. The fourth-order valence-electron chi connectivity index (χ4n) is 3.82. The van der Waals surface area contributed by atoms with Crippen molar-refractivity contribution in [2.75, 3.05) is 12.4 Å². The van der Waals surface area contributed by atoms with E-state index in [0.717, 1.165) is 29.8 Å². The van der Waals surface area contributed by atoms with Crippen molar-refractivity contribution in [3.05, 3.63) is 89.0 Å². The quantitative estimate of drug-likeness (QED) is 0.536. The molecule has 0 fully saturated rings. The van der Waals surface area contributed by atoms with Crippen LogP contribution in [0.4, 0.5) is 18.9 Å². The summed E-state index contributed by atoms with van der Waals surface area (Å²) in [5.74, 6) is 0.472. The molecule has 3 aromatic rings. The van der Waals surface area contributed by atoms with Crippen molar-refractivity contribution in [2.24, 2.45) is 0 Å². The summed E-state index contributed by atoms with van der Waals surface area (Å²) in [6, 6.07) is 16.4. The van der Waals surface area contributed by atoms with E-state index < -0.39 is 23.8 Å². The zero-order valence-corrected chi connectivity index (χ0v) is 19.1. The Morgan fingerprint density at radius 3 is 2.54 bits per heavy atom. The van der Waals surface area contributed by atoms with Gasteiger partial charge in [-0.2, -0.15) is 13.2 Å². The van der Waals surface area contributed by atoms with Crippen LogP contribution in [0.3, 0.4) is 0 Å². The summed E-state index contributed by atoms with van der Waals surface area (Å²) in [5, 5.41) is 2.69. The third kappa shape index (κ3) is 5.56. The number of hydrogen-bond donors (Lipinski definition) is 1. The Labute approximate surface area is 200 Å². The highest BCUT2D eigenvalue weighted by atomic mass is 19.4. The topological polar surface area (TPSA) is 67.9 Å². The minimum Gasteiger partial charge on any atom is -0.497 e. The van der Waals surface area contributed by atoms with Crippen LogP contribution in [0, 0.1) is 0 Å². The Balaban J connectivity index is 1.53. The van der Waals surface area contributed by atoms with Gasteiger partial charge in [-0.05, 0) is 67.1 Å². The molecule has 0 spiro atoms. The van der Waals surface area contributed by atoms with Crippen LogP contribution in [0.2, 0.25) is 0 Å². The summed E-state index contributed by atoms with van der Waals surface area (Å²) in [6.07, 6.45) is -5.17. The predicted molar refractivity (Wildman–Crippen MR) is 123 cm³/mol. The second-order valence-electron chi connectivity index (χ2n) is 8.16. The molecule has 0 unspecified atom stereocenters. The maximum Gasteiger partial charge on any atom is 0.416 e. The Morgan fingerprint density at radius 1 is 1.11 bits per heavy atom. The Hall–Kier alpha value is -4.01. The lowest BCUT2D eigenvalue weighted by Crippen LogP contribution is -2.37. The number of halogens is 3. The predicted octanol–water partition coefficient (Wildman–Crippen LogP) is 5.28. The van der Waals surface area contributed by atoms with Crippen molar-refractivity contribution in [3.8, 4) is 11.5 Å². The van der Waals surface area contributed by atoms with Crippen molar-refractivity contribution in [1.29, 1.82) is 0 Å². The smallest absolute Gasteiger partial charge is 0.416 e. The van der Waals surface area contributed by atoms with Gasteiger partial charge in [0.05, 0.1) is 12.7 Å². The molecule has 3 aromatic carbocycles. The summed E-state index contributed by atoms with van der Waals surface area (Å²) in [7, 11) is 1.57. The molecule has 1 aliphatic rings. The normalized spacial score (nSPS) is 15.6. The maximum absolute atomic E-state index is 12.9. The molecule has 1 N–H and O–H groups in total. The largest absolute Gasteiger partial charge is 0.497 e. The van der Waals surface area contributed by atoms with Gasteiger partial charge in [0.25, 0.3) is 11.8 Å². The van der Waals surface area contributed by atoms with Gasteiger partial charge < -0.3 is 19.7 Å². The molecule has 6 nitrogen and oxygen atoms in total. The molecular weight excluding hydrogens is 461 g/mol. The van der Waals surface area contributed by atoms with Crippen LogP contribution in [-0.2, 0) is 24.1 Å². The van der Waals surface area contributed by atoms with E-state index >= 15 is 0 Å². The Morgan fingerprint density at radius 2 is 1.86 bits per heavy atom. The fraction of sp³-hybridized carbons (Fsp3) is 0.231. The summed E-state index contributed by atoms with van der Waals surface area (Å²) in [6.45, 7) is 2.27. The first-order valence-corrected chi connectivity index (χ1v) is 10.8. The molecule has 35 heavy (non-hydrogen) atoms. The summed E-state index contributed by atoms with van der Waals surface area (Å²) in [4.78, 5) is 27.2. The molecule has 182 valence electrons. The van der Waals surface area contributed by atoms with Gasteiger partial charge in [0.1, 0.15) is 11.5 Å². The van der Waals surface area contributed by atoms with Gasteiger partial charge in [-0.25, -0.2) is 0 Å². The van der Waals surface area contributed by atoms with Gasteiger partial charge in [0.2, 0.25) is 0 Å². The van der Waals surface area contributed by atoms with E-state index in [1.54, 1.807) is 37.1 Å². The molecule has 1 heterocycles. The van der Waals surface area contributed by atoms with Gasteiger partial charge >= 0.3 is 6.18 Å². The Kier molecular flexibility index (Phi) is 6.68. The van der Waals surface area contributed by atoms with E-state index in [-0.39, 0.29) is 18.0 Å². The zero-order valence-electron chi connectivity index (χ0n) is 19.1. The van der Waals surface area contributed by atoms with E-state index in [1.807, 2.05) is 24.3 Å². The zero-order chi connectivity index (χ0) is 25.2. The highest BCUT2D eigenvalue weighted by molar-refractivity contribution is 6.04. The average molecular weight is 484 g/mol. The second kappa shape index (κ2) is 9.69. The van der Waals surface area contributed by atoms with E-state index in [1.165, 1.54) is 0 Å². The van der Waals surface area contributed by atoms with E-state index in [9.17, 15) is 22.8 Å². The van der Waals surface area contributed by atoms with Crippen molar-refractivity contribution in [1.82, 2.24) is 4.90 Å². The van der Waals surface area contributed by atoms with Gasteiger partial charge in [-0.15, -0.1) is 0 Å². The van der Waals surface area contributed by atoms with Gasteiger partial charge in [-0.1, -0.05) is 12.1 Å². The third-order valence-electron chi connectivity index (χ3n) is 5.62. The number of nitrogens with zero attached hydrogens (tertiary/aromatic N) is 1. The number of rotatable bonds is 5. The molecule has 4 rings (SSSR count). The van der Waals surface area contributed by atoms with E-state index in [2.05, 4.69) is 5.32 Å². The van der Waals surface area contributed by atoms with Crippen molar-refractivity contribution in [3.63, 3.8) is 0 Å². The van der Waals surface area contributed by atoms with Crippen LogP contribution in [0.1, 0.15) is 34.0 Å². The first-order chi connectivity index (χ1) is 16.6. The number of hydrogen-bond acceptors (Lipinski definition) is 4. The second-order valence-corrected chi connectivity index (χ2v) is 8.16. The highest BCUT2D eigenvalue weighted by Crippen LogP contribution is 2.31. The number of carbonyl (C=O) groups is 2. The van der Waals surface area contributed by atoms with Crippen LogP contribution < -0.4 is 14.8 Å². The number of alkyl halides is 3. The summed E-state index contributed by atoms with van der Waals surface area (Å²) >= 11 is 0. The molecule has 0 saturated heterocycles. The fourth-order valence-corrected chi connectivity index (χ4v) is 3.82. The minimum atomic E-state index is -4.47. The number of ether oxygens (including phenoxy) is 2.